The summed E-state index contributed by atoms with van der Waals surface area (Å²) in [5, 5.41) is 20.9. The molecule has 4 aromatic carbocycles. The molecule has 0 N–H and O–H groups in total. The number of rotatable bonds is 19. The molecule has 282 valence electrons. The SMILES string of the molecule is CCN(CC)c1ccc(C(=CC(C=C(c2ccc(N(CC)CC)cc2)c2ccc(N(CC)CC)cc2)C(C#N)C#N)c2ccc(N(CC)CC)cc2)cc1. The molecule has 54 heavy (non-hydrogen) atoms. The Balaban J connectivity index is 1.97. The summed E-state index contributed by atoms with van der Waals surface area (Å²) in [5.74, 6) is -1.40. The van der Waals surface area contributed by atoms with E-state index in [0.29, 0.717) is 0 Å². The maximum absolute atomic E-state index is 10.5. The number of hydrogen-bond donors (Lipinski definition) is 0. The van der Waals surface area contributed by atoms with Gasteiger partial charge < -0.3 is 19.6 Å². The summed E-state index contributed by atoms with van der Waals surface area (Å²) in [6, 6.07) is 39.5. The standard InChI is InChI=1S/C48H60N6/c1-9-51(10-2)43-25-17-37(18-26-43)47(38-19-27-44(28-20-38)52(11-3)12-4)33-41(42(35-49)36-50)34-48(39-21-29-45(30-22-39)53(13-5)14-6)40-23-31-46(32-24-40)54(15-7)16-8/h17-34,41-42H,9-16H2,1-8H3. The number of allylic oxidation sites excluding steroid dienone is 2. The van der Waals surface area contributed by atoms with Crippen LogP contribution in [0.1, 0.15) is 77.6 Å². The molecule has 0 saturated carbocycles. The lowest BCUT2D eigenvalue weighted by Crippen LogP contribution is -2.21. The van der Waals surface area contributed by atoms with Crippen molar-refractivity contribution in [2.24, 2.45) is 11.8 Å². The number of nitriles is 2. The lowest BCUT2D eigenvalue weighted by Gasteiger charge is -2.23. The zero-order valence-electron chi connectivity index (χ0n) is 33.9. The summed E-state index contributed by atoms with van der Waals surface area (Å²) in [5.41, 5.74) is 10.9. The minimum Gasteiger partial charge on any atom is -0.372 e. The summed E-state index contributed by atoms with van der Waals surface area (Å²) in [7, 11) is 0. The second-order valence-corrected chi connectivity index (χ2v) is 13.4. The number of hydrogen-bond acceptors (Lipinski definition) is 6. The topological polar surface area (TPSA) is 60.5 Å². The Hall–Kier alpha value is -5.46. The molecule has 0 saturated heterocycles. The van der Waals surface area contributed by atoms with Gasteiger partial charge in [-0.05, 0) is 137 Å². The lowest BCUT2D eigenvalue weighted by atomic mass is 9.84. The van der Waals surface area contributed by atoms with Gasteiger partial charge in [-0.25, -0.2) is 0 Å². The first kappa shape index (κ1) is 41.3. The summed E-state index contributed by atoms with van der Waals surface area (Å²) < 4.78 is 0. The first-order chi connectivity index (χ1) is 26.3. The Morgan fingerprint density at radius 2 is 0.611 bits per heavy atom. The van der Waals surface area contributed by atoms with Gasteiger partial charge in [0.25, 0.3) is 0 Å². The first-order valence-electron chi connectivity index (χ1n) is 20.0. The zero-order chi connectivity index (χ0) is 39.0. The molecule has 0 radical (unpaired) electrons. The minimum absolute atomic E-state index is 0.500. The Kier molecular flexibility index (Phi) is 15.8. The van der Waals surface area contributed by atoms with Crippen LogP contribution >= 0.6 is 0 Å². The molecule has 0 aliphatic heterocycles. The van der Waals surface area contributed by atoms with Crippen molar-refractivity contribution in [1.82, 2.24) is 0 Å². The van der Waals surface area contributed by atoms with Crippen LogP contribution in [0, 0.1) is 34.5 Å². The van der Waals surface area contributed by atoms with E-state index in [0.717, 1.165) is 85.8 Å². The van der Waals surface area contributed by atoms with Crippen molar-refractivity contribution >= 4 is 33.9 Å². The molecule has 6 heteroatoms. The molecular weight excluding hydrogens is 661 g/mol. The van der Waals surface area contributed by atoms with E-state index in [2.05, 4.69) is 196 Å². The highest BCUT2D eigenvalue weighted by molar-refractivity contribution is 5.84. The molecule has 0 atom stereocenters. The summed E-state index contributed by atoms with van der Waals surface area (Å²) in [6.07, 6.45) is 4.29. The third kappa shape index (κ3) is 9.94. The fourth-order valence-electron chi connectivity index (χ4n) is 7.31. The average molecular weight is 721 g/mol. The Morgan fingerprint density at radius 3 is 0.778 bits per heavy atom. The number of anilines is 4. The van der Waals surface area contributed by atoms with E-state index in [4.69, 9.17) is 0 Å². The average Bonchev–Trinajstić information content (AvgIpc) is 3.22. The van der Waals surface area contributed by atoms with Crippen LogP contribution < -0.4 is 19.6 Å². The predicted octanol–water partition coefficient (Wildman–Crippen LogP) is 10.9. The number of benzene rings is 4. The predicted molar refractivity (Wildman–Crippen MR) is 232 cm³/mol. The summed E-state index contributed by atoms with van der Waals surface area (Å²) in [6.45, 7) is 24.8. The van der Waals surface area contributed by atoms with Gasteiger partial charge in [-0.1, -0.05) is 60.7 Å². The van der Waals surface area contributed by atoms with Crippen LogP contribution in [0.4, 0.5) is 22.7 Å². The molecule has 0 aliphatic carbocycles. The van der Waals surface area contributed by atoms with Crippen LogP contribution in [0.5, 0.6) is 0 Å². The van der Waals surface area contributed by atoms with Crippen LogP contribution in [-0.4, -0.2) is 52.4 Å². The molecular formula is C48H60N6. The van der Waals surface area contributed by atoms with Crippen LogP contribution in [0.2, 0.25) is 0 Å². The quantitative estimate of drug-likeness (QED) is 0.0961. The van der Waals surface area contributed by atoms with E-state index in [9.17, 15) is 10.5 Å². The fraction of sp³-hybridized carbons (Fsp3) is 0.375. The van der Waals surface area contributed by atoms with E-state index in [1.165, 1.54) is 22.7 Å². The molecule has 0 unspecified atom stereocenters. The van der Waals surface area contributed by atoms with Gasteiger partial charge in [0.15, 0.2) is 0 Å². The Bertz CT molecular complexity index is 1610. The summed E-state index contributed by atoms with van der Waals surface area (Å²) >= 11 is 0. The van der Waals surface area contributed by atoms with E-state index >= 15 is 0 Å². The summed E-state index contributed by atoms with van der Waals surface area (Å²) in [4.78, 5) is 9.34. The third-order valence-corrected chi connectivity index (χ3v) is 10.6. The van der Waals surface area contributed by atoms with Crippen molar-refractivity contribution < 1.29 is 0 Å². The lowest BCUT2D eigenvalue weighted by molar-refractivity contribution is 0.703. The van der Waals surface area contributed by atoms with Crippen molar-refractivity contribution in [2.75, 3.05) is 72.0 Å². The smallest absolute Gasteiger partial charge is 0.143 e. The van der Waals surface area contributed by atoms with Gasteiger partial charge in [-0.2, -0.15) is 10.5 Å². The van der Waals surface area contributed by atoms with Crippen LogP contribution in [0.25, 0.3) is 11.1 Å². The zero-order valence-corrected chi connectivity index (χ0v) is 33.9. The van der Waals surface area contributed by atoms with Gasteiger partial charge >= 0.3 is 0 Å². The molecule has 0 aromatic heterocycles. The van der Waals surface area contributed by atoms with Gasteiger partial charge in [0.05, 0.1) is 12.1 Å². The highest BCUT2D eigenvalue weighted by Gasteiger charge is 2.22. The molecule has 0 heterocycles. The minimum atomic E-state index is -0.898. The van der Waals surface area contributed by atoms with Gasteiger partial charge in [-0.3, -0.25) is 0 Å². The molecule has 4 rings (SSSR count). The normalized spacial score (nSPS) is 10.7. The Labute approximate surface area is 326 Å². The van der Waals surface area contributed by atoms with Crippen LogP contribution in [0.3, 0.4) is 0 Å². The molecule has 0 aliphatic rings. The van der Waals surface area contributed by atoms with Crippen molar-refractivity contribution in [1.29, 1.82) is 10.5 Å². The first-order valence-corrected chi connectivity index (χ1v) is 20.0. The van der Waals surface area contributed by atoms with E-state index in [1.807, 2.05) is 0 Å². The van der Waals surface area contributed by atoms with Crippen molar-refractivity contribution in [2.45, 2.75) is 55.4 Å². The maximum atomic E-state index is 10.5. The largest absolute Gasteiger partial charge is 0.372 e. The van der Waals surface area contributed by atoms with Gasteiger partial charge in [0, 0.05) is 81.0 Å². The van der Waals surface area contributed by atoms with E-state index < -0.39 is 11.8 Å². The van der Waals surface area contributed by atoms with Crippen molar-refractivity contribution in [3.8, 4) is 12.1 Å². The Morgan fingerprint density at radius 1 is 0.407 bits per heavy atom. The highest BCUT2D eigenvalue weighted by Crippen LogP contribution is 2.35. The molecule has 0 bridgehead atoms. The van der Waals surface area contributed by atoms with Crippen LogP contribution in [0.15, 0.2) is 109 Å². The van der Waals surface area contributed by atoms with Gasteiger partial charge in [-0.15, -0.1) is 0 Å². The second-order valence-electron chi connectivity index (χ2n) is 13.4. The molecule has 6 nitrogen and oxygen atoms in total. The van der Waals surface area contributed by atoms with E-state index in [1.54, 1.807) is 0 Å². The van der Waals surface area contributed by atoms with Crippen LogP contribution in [-0.2, 0) is 0 Å². The van der Waals surface area contributed by atoms with Gasteiger partial charge in [0.2, 0.25) is 0 Å². The fourth-order valence-corrected chi connectivity index (χ4v) is 7.31. The second kappa shape index (κ2) is 20.7. The van der Waals surface area contributed by atoms with Crippen molar-refractivity contribution in [3.63, 3.8) is 0 Å². The van der Waals surface area contributed by atoms with E-state index in [-0.39, 0.29) is 0 Å². The number of nitrogens with zero attached hydrogens (tertiary/aromatic N) is 6. The third-order valence-electron chi connectivity index (χ3n) is 10.6. The maximum Gasteiger partial charge on any atom is 0.143 e. The molecule has 4 aromatic rings. The van der Waals surface area contributed by atoms with Gasteiger partial charge in [0.1, 0.15) is 5.92 Å². The van der Waals surface area contributed by atoms with Crippen molar-refractivity contribution in [3.05, 3.63) is 131 Å². The molecule has 0 spiro atoms. The monoisotopic (exact) mass is 720 g/mol. The highest BCUT2D eigenvalue weighted by atomic mass is 15.1. The molecule has 0 fully saturated rings. The molecule has 0 amide bonds.